The fourth-order valence-corrected chi connectivity index (χ4v) is 4.24. The molecule has 1 aromatic rings. The number of rotatable bonds is 4. The predicted molar refractivity (Wildman–Crippen MR) is 109 cm³/mol. The van der Waals surface area contributed by atoms with Gasteiger partial charge in [0, 0.05) is 12.2 Å². The highest BCUT2D eigenvalue weighted by atomic mass is 32.2. The number of nitrogens with zero attached hydrogens (tertiary/aromatic N) is 2. The van der Waals surface area contributed by atoms with Gasteiger partial charge >= 0.3 is 6.18 Å². The van der Waals surface area contributed by atoms with E-state index in [1.165, 1.54) is 12.1 Å². The van der Waals surface area contributed by atoms with Crippen LogP contribution in [-0.4, -0.2) is 35.6 Å². The van der Waals surface area contributed by atoms with Gasteiger partial charge < -0.3 is 11.1 Å². The maximum Gasteiger partial charge on any atom is 0.416 e. The van der Waals surface area contributed by atoms with Crippen LogP contribution in [0.1, 0.15) is 24.0 Å². The number of aliphatic imine (C=N–C) groups is 1. The largest absolute Gasteiger partial charge is 0.416 e. The molecule has 1 aromatic carbocycles. The van der Waals surface area contributed by atoms with E-state index in [1.54, 1.807) is 0 Å². The van der Waals surface area contributed by atoms with Gasteiger partial charge in [0.15, 0.2) is 0 Å². The first-order valence-electron chi connectivity index (χ1n) is 9.13. The average molecular weight is 422 g/mol. The Hall–Kier alpha value is -2.44. The molecule has 154 valence electrons. The number of hydrogen-bond acceptors (Lipinski definition) is 5. The summed E-state index contributed by atoms with van der Waals surface area (Å²) in [6, 6.07) is 3.94. The summed E-state index contributed by atoms with van der Waals surface area (Å²) in [7, 11) is 0. The van der Waals surface area contributed by atoms with Crippen LogP contribution in [0.25, 0.3) is 0 Å². The quantitative estimate of drug-likeness (QED) is 0.571. The van der Waals surface area contributed by atoms with Crippen molar-refractivity contribution in [2.75, 3.05) is 25.4 Å². The van der Waals surface area contributed by atoms with Crippen LogP contribution in [0.5, 0.6) is 0 Å². The average Bonchev–Trinajstić information content (AvgIpc) is 3.01. The fourth-order valence-electron chi connectivity index (χ4n) is 3.42. The van der Waals surface area contributed by atoms with Crippen molar-refractivity contribution in [3.8, 4) is 12.3 Å². The van der Waals surface area contributed by atoms with Crippen molar-refractivity contribution in [3.05, 3.63) is 40.3 Å². The number of piperidine rings is 1. The van der Waals surface area contributed by atoms with E-state index in [4.69, 9.17) is 12.2 Å². The lowest BCUT2D eigenvalue weighted by Gasteiger charge is -2.31. The Morgan fingerprint density at radius 3 is 2.76 bits per heavy atom. The number of nitrogens with one attached hydrogen (secondary N) is 1. The normalized spacial score (nSPS) is 21.5. The minimum absolute atomic E-state index is 0.103. The number of anilines is 1. The smallest absolute Gasteiger partial charge is 0.399 e. The standard InChI is InChI=1S/C20H21F3N4OS/c1-2-7-25-18-17(29-19(28)26-18)10-13-5-8-27(9-6-13)12-14-3-4-15(24)11-16(14)20(21,22)23/h1,3-4,10-11,13H,5-9,12,24H2,(H,25,26,28). The first-order valence-corrected chi connectivity index (χ1v) is 9.95. The Kier molecular flexibility index (Phi) is 6.55. The third-order valence-corrected chi connectivity index (χ3v) is 5.67. The molecule has 1 amide bonds. The molecule has 3 N–H and O–H groups in total. The lowest BCUT2D eigenvalue weighted by Crippen LogP contribution is -2.33. The second-order valence-electron chi connectivity index (χ2n) is 6.94. The molecule has 0 unspecified atom stereocenters. The molecule has 29 heavy (non-hydrogen) atoms. The molecule has 0 aromatic heterocycles. The van der Waals surface area contributed by atoms with Gasteiger partial charge in [0.05, 0.1) is 10.5 Å². The van der Waals surface area contributed by atoms with Crippen molar-refractivity contribution >= 4 is 28.5 Å². The zero-order valence-electron chi connectivity index (χ0n) is 15.6. The molecule has 2 aliphatic heterocycles. The summed E-state index contributed by atoms with van der Waals surface area (Å²) < 4.78 is 39.9. The van der Waals surface area contributed by atoms with Gasteiger partial charge in [-0.1, -0.05) is 18.1 Å². The van der Waals surface area contributed by atoms with E-state index < -0.39 is 11.7 Å². The number of carbonyl (C=O) groups excluding carboxylic acids is 1. The van der Waals surface area contributed by atoms with Crippen LogP contribution in [0.2, 0.25) is 0 Å². The van der Waals surface area contributed by atoms with Gasteiger partial charge in [0.2, 0.25) is 0 Å². The Morgan fingerprint density at radius 2 is 2.10 bits per heavy atom. The van der Waals surface area contributed by atoms with Crippen LogP contribution in [0.15, 0.2) is 34.2 Å². The number of benzene rings is 1. The Balaban J connectivity index is 1.63. The third kappa shape index (κ3) is 5.55. The van der Waals surface area contributed by atoms with Crippen LogP contribution >= 0.6 is 11.8 Å². The van der Waals surface area contributed by atoms with Crippen LogP contribution in [0, 0.1) is 18.3 Å². The zero-order chi connectivity index (χ0) is 21.0. The van der Waals surface area contributed by atoms with E-state index >= 15 is 0 Å². The molecule has 2 saturated heterocycles. The van der Waals surface area contributed by atoms with Crippen LogP contribution < -0.4 is 11.1 Å². The monoisotopic (exact) mass is 422 g/mol. The van der Waals surface area contributed by atoms with Gasteiger partial charge in [0.25, 0.3) is 5.24 Å². The topological polar surface area (TPSA) is 70.7 Å². The van der Waals surface area contributed by atoms with E-state index in [-0.39, 0.29) is 35.5 Å². The molecule has 0 saturated carbocycles. The van der Waals surface area contributed by atoms with Crippen molar-refractivity contribution in [3.63, 3.8) is 0 Å². The van der Waals surface area contributed by atoms with Crippen LogP contribution in [0.4, 0.5) is 23.7 Å². The van der Waals surface area contributed by atoms with Crippen molar-refractivity contribution in [2.24, 2.45) is 10.9 Å². The van der Waals surface area contributed by atoms with Crippen molar-refractivity contribution in [1.29, 1.82) is 0 Å². The lowest BCUT2D eigenvalue weighted by molar-refractivity contribution is -0.138. The summed E-state index contributed by atoms with van der Waals surface area (Å²) in [5.41, 5.74) is 5.19. The first kappa shape index (κ1) is 21.3. The number of allylic oxidation sites excluding steroid dienone is 1. The molecule has 5 nitrogen and oxygen atoms in total. The van der Waals surface area contributed by atoms with Crippen molar-refractivity contribution < 1.29 is 18.0 Å². The maximum absolute atomic E-state index is 13.3. The van der Waals surface area contributed by atoms with Gasteiger partial charge in [-0.05, 0) is 61.3 Å². The molecule has 0 atom stereocenters. The SMILES string of the molecule is C#CCN=C1NC(=O)SC1=CC1CCN(Cc2ccc(N)cc2C(F)(F)F)CC1. The number of thioether (sulfide) groups is 1. The summed E-state index contributed by atoms with van der Waals surface area (Å²) in [5, 5.41) is 2.49. The molecular formula is C20H21F3N4OS. The van der Waals surface area contributed by atoms with E-state index in [2.05, 4.69) is 16.2 Å². The molecule has 0 aliphatic carbocycles. The van der Waals surface area contributed by atoms with E-state index in [9.17, 15) is 18.0 Å². The number of alkyl halides is 3. The number of hydrogen-bond donors (Lipinski definition) is 2. The van der Waals surface area contributed by atoms with Gasteiger partial charge in [-0.15, -0.1) is 6.42 Å². The number of terminal acetylenes is 1. The van der Waals surface area contributed by atoms with Crippen LogP contribution in [-0.2, 0) is 12.7 Å². The summed E-state index contributed by atoms with van der Waals surface area (Å²) in [5.74, 6) is 3.14. The van der Waals surface area contributed by atoms with Gasteiger partial charge in [0.1, 0.15) is 12.4 Å². The van der Waals surface area contributed by atoms with Crippen LogP contribution in [0.3, 0.4) is 0 Å². The molecule has 2 heterocycles. The maximum atomic E-state index is 13.3. The number of nitrogen functional groups attached to an aromatic ring is 1. The zero-order valence-corrected chi connectivity index (χ0v) is 16.4. The molecule has 2 aliphatic rings. The van der Waals surface area contributed by atoms with E-state index in [0.717, 1.165) is 35.6 Å². The Labute approximate surface area is 171 Å². The van der Waals surface area contributed by atoms with Gasteiger partial charge in [-0.25, -0.2) is 0 Å². The Morgan fingerprint density at radius 1 is 1.38 bits per heavy atom. The molecule has 0 bridgehead atoms. The summed E-state index contributed by atoms with van der Waals surface area (Å²) in [4.78, 5) is 18.6. The number of nitrogens with two attached hydrogens (primary N) is 1. The minimum atomic E-state index is -4.43. The summed E-state index contributed by atoms with van der Waals surface area (Å²) >= 11 is 1.09. The number of halogens is 3. The third-order valence-electron chi connectivity index (χ3n) is 4.84. The van der Waals surface area contributed by atoms with Crippen molar-refractivity contribution in [2.45, 2.75) is 25.6 Å². The molecule has 3 rings (SSSR count). The molecule has 2 fully saturated rings. The highest BCUT2D eigenvalue weighted by molar-refractivity contribution is 8.18. The highest BCUT2D eigenvalue weighted by Crippen LogP contribution is 2.35. The summed E-state index contributed by atoms with van der Waals surface area (Å²) in [6.07, 6.45) is 4.38. The van der Waals surface area contributed by atoms with Gasteiger partial charge in [-0.3, -0.25) is 14.7 Å². The number of amides is 1. The lowest BCUT2D eigenvalue weighted by atomic mass is 9.95. The van der Waals surface area contributed by atoms with E-state index in [0.29, 0.717) is 18.9 Å². The van der Waals surface area contributed by atoms with E-state index in [1.807, 2.05) is 11.0 Å². The molecular weight excluding hydrogens is 401 g/mol. The number of likely N-dealkylation sites (tertiary alicyclic amines) is 1. The number of amidine groups is 1. The number of carbonyl (C=O) groups is 1. The fraction of sp³-hybridized carbons (Fsp3) is 0.400. The minimum Gasteiger partial charge on any atom is -0.399 e. The molecule has 0 radical (unpaired) electrons. The highest BCUT2D eigenvalue weighted by Gasteiger charge is 2.34. The molecule has 0 spiro atoms. The second-order valence-corrected chi connectivity index (χ2v) is 7.96. The Bertz CT molecular complexity index is 881. The predicted octanol–water partition coefficient (Wildman–Crippen LogP) is 3.87. The first-order chi connectivity index (χ1) is 13.8. The van der Waals surface area contributed by atoms with Gasteiger partial charge in [-0.2, -0.15) is 13.2 Å². The molecule has 9 heteroatoms. The summed E-state index contributed by atoms with van der Waals surface area (Å²) in [6.45, 7) is 1.75. The second kappa shape index (κ2) is 8.93. The van der Waals surface area contributed by atoms with Crippen molar-refractivity contribution in [1.82, 2.24) is 10.2 Å².